The van der Waals surface area contributed by atoms with Crippen LogP contribution in [0.1, 0.15) is 27.6 Å². The zero-order valence-corrected chi connectivity index (χ0v) is 18.8. The Morgan fingerprint density at radius 2 is 1.88 bits per heavy atom. The molecule has 0 unspecified atom stereocenters. The highest BCUT2D eigenvalue weighted by molar-refractivity contribution is 6.35. The number of nitrogens with one attached hydrogen (secondary N) is 1. The number of aromatic nitrogens is 3. The number of carbonyl (C=O) groups excluding carboxylic acids is 2. The van der Waals surface area contributed by atoms with Gasteiger partial charge in [-0.2, -0.15) is 5.10 Å². The van der Waals surface area contributed by atoms with Crippen LogP contribution in [0.15, 0.2) is 43.0 Å². The first-order valence-corrected chi connectivity index (χ1v) is 9.93. The normalized spacial score (nSPS) is 11.2. The van der Waals surface area contributed by atoms with Crippen molar-refractivity contribution >= 4 is 35.5 Å². The number of halogens is 2. The molecule has 2 N–H and O–H groups in total. The maximum absolute atomic E-state index is 12.6. The number of carbonyl (C=O) groups is 2. The number of aromatic amines is 1. The highest BCUT2D eigenvalue weighted by Crippen LogP contribution is 2.34. The van der Waals surface area contributed by atoms with Crippen molar-refractivity contribution < 1.29 is 34.3 Å². The Morgan fingerprint density at radius 1 is 1.19 bits per heavy atom. The molecular weight excluding hydrogens is 461 g/mol. The van der Waals surface area contributed by atoms with Crippen LogP contribution in [0.2, 0.25) is 10.0 Å². The number of methoxy groups -OCH3 is 2. The summed E-state index contributed by atoms with van der Waals surface area (Å²) in [6, 6.07) is 5.22. The zero-order valence-electron chi connectivity index (χ0n) is 17.2. The molecule has 0 radical (unpaired) electrons. The van der Waals surface area contributed by atoms with E-state index < -0.39 is 12.1 Å². The van der Waals surface area contributed by atoms with E-state index in [0.29, 0.717) is 44.5 Å². The summed E-state index contributed by atoms with van der Waals surface area (Å²) < 4.78 is 17.7. The molecule has 0 saturated carbocycles. The summed E-state index contributed by atoms with van der Waals surface area (Å²) in [5.41, 5.74) is 1.65. The Morgan fingerprint density at radius 3 is 2.47 bits per heavy atom. The fourth-order valence-electron chi connectivity index (χ4n) is 2.99. The number of nitrogens with zero attached hydrogens (tertiary/aromatic N) is 2. The summed E-state index contributed by atoms with van der Waals surface area (Å²) >= 11 is 12.6. The van der Waals surface area contributed by atoms with Crippen LogP contribution in [0.4, 0.5) is 0 Å². The SMILES string of the molecule is COc1ccc([C@H](Cc2c(Cl)c[nH+]cc2Cl)OC(=O)Cn2cc(C=O)cn2)cc1OC.[OH-]. The summed E-state index contributed by atoms with van der Waals surface area (Å²) in [7, 11) is 3.05. The second kappa shape index (κ2) is 11.5. The molecule has 2 heterocycles. The zero-order chi connectivity index (χ0) is 22.4. The van der Waals surface area contributed by atoms with Crippen LogP contribution >= 0.6 is 23.2 Å². The van der Waals surface area contributed by atoms with Gasteiger partial charge in [0.1, 0.15) is 22.7 Å². The van der Waals surface area contributed by atoms with Gasteiger partial charge in [-0.05, 0) is 17.7 Å². The van der Waals surface area contributed by atoms with Gasteiger partial charge >= 0.3 is 5.97 Å². The smallest absolute Gasteiger partial charge is 0.328 e. The van der Waals surface area contributed by atoms with Crippen LogP contribution < -0.4 is 14.5 Å². The van der Waals surface area contributed by atoms with Gasteiger partial charge in [-0.1, -0.05) is 29.3 Å². The predicted molar refractivity (Wildman–Crippen MR) is 115 cm³/mol. The molecule has 0 aliphatic heterocycles. The van der Waals surface area contributed by atoms with E-state index in [2.05, 4.69) is 10.1 Å². The maximum atomic E-state index is 12.6. The quantitative estimate of drug-likeness (QED) is 0.339. The Balaban J connectivity index is 0.00000363. The van der Waals surface area contributed by atoms with Crippen LogP contribution in [0.5, 0.6) is 11.5 Å². The van der Waals surface area contributed by atoms with Gasteiger partial charge in [0, 0.05) is 18.2 Å². The predicted octanol–water partition coefficient (Wildman–Crippen LogP) is 3.18. The summed E-state index contributed by atoms with van der Waals surface area (Å²) in [6.45, 7) is -0.165. The first kappa shape index (κ1) is 25.1. The maximum Gasteiger partial charge on any atom is 0.328 e. The molecule has 11 heteroatoms. The molecule has 0 aliphatic rings. The van der Waals surface area contributed by atoms with Gasteiger partial charge < -0.3 is 19.7 Å². The van der Waals surface area contributed by atoms with Crippen LogP contribution in [-0.4, -0.2) is 41.7 Å². The lowest BCUT2D eigenvalue weighted by molar-refractivity contribution is -0.377. The van der Waals surface area contributed by atoms with Gasteiger partial charge in [0.15, 0.2) is 30.2 Å². The first-order valence-electron chi connectivity index (χ1n) is 9.18. The summed E-state index contributed by atoms with van der Waals surface area (Å²) in [4.78, 5) is 26.3. The van der Waals surface area contributed by atoms with Gasteiger partial charge in [-0.25, -0.2) is 4.98 Å². The second-order valence-electron chi connectivity index (χ2n) is 6.52. The lowest BCUT2D eigenvalue weighted by atomic mass is 10.0. The molecule has 0 aliphatic carbocycles. The van der Waals surface area contributed by atoms with E-state index in [9.17, 15) is 9.59 Å². The summed E-state index contributed by atoms with van der Waals surface area (Å²) in [6.07, 6.45) is 6.18. The molecule has 0 spiro atoms. The number of esters is 1. The fourth-order valence-corrected chi connectivity index (χ4v) is 3.52. The molecule has 1 aromatic carbocycles. The van der Waals surface area contributed by atoms with E-state index in [1.165, 1.54) is 31.3 Å². The average Bonchev–Trinajstić information content (AvgIpc) is 3.22. The molecule has 0 saturated heterocycles. The van der Waals surface area contributed by atoms with Crippen molar-refractivity contribution in [1.29, 1.82) is 0 Å². The minimum absolute atomic E-state index is 0. The summed E-state index contributed by atoms with van der Waals surface area (Å²) in [5.74, 6) is 0.483. The Hall–Kier alpha value is -3.14. The molecule has 2 aromatic heterocycles. The van der Waals surface area contributed by atoms with Gasteiger partial charge in [0.25, 0.3) is 0 Å². The van der Waals surface area contributed by atoms with E-state index in [1.807, 2.05) is 0 Å². The minimum atomic E-state index is -0.717. The van der Waals surface area contributed by atoms with Crippen molar-refractivity contribution in [3.05, 3.63) is 69.7 Å². The minimum Gasteiger partial charge on any atom is -0.870 e. The monoisotopic (exact) mass is 481 g/mol. The number of H-pyrrole nitrogens is 1. The molecule has 0 amide bonds. The molecule has 3 rings (SSSR count). The van der Waals surface area contributed by atoms with Crippen molar-refractivity contribution in [2.45, 2.75) is 19.1 Å². The molecule has 0 bridgehead atoms. The number of hydrogen-bond acceptors (Lipinski definition) is 7. The lowest BCUT2D eigenvalue weighted by Crippen LogP contribution is -2.19. The van der Waals surface area contributed by atoms with E-state index in [0.717, 1.165) is 0 Å². The van der Waals surface area contributed by atoms with Crippen molar-refractivity contribution in [2.24, 2.45) is 0 Å². The lowest BCUT2D eigenvalue weighted by Gasteiger charge is -2.20. The third kappa shape index (κ3) is 5.97. The van der Waals surface area contributed by atoms with Crippen LogP contribution in [0, 0.1) is 0 Å². The highest BCUT2D eigenvalue weighted by Gasteiger charge is 2.23. The number of aldehydes is 1. The Kier molecular flexibility index (Phi) is 9.01. The molecule has 32 heavy (non-hydrogen) atoms. The number of hydrogen-bond donors (Lipinski definition) is 0. The third-order valence-electron chi connectivity index (χ3n) is 4.52. The van der Waals surface area contributed by atoms with Crippen molar-refractivity contribution in [3.8, 4) is 11.5 Å². The molecule has 170 valence electrons. The highest BCUT2D eigenvalue weighted by atomic mass is 35.5. The largest absolute Gasteiger partial charge is 0.870 e. The number of benzene rings is 1. The van der Waals surface area contributed by atoms with Gasteiger partial charge in [0.2, 0.25) is 0 Å². The van der Waals surface area contributed by atoms with E-state index >= 15 is 0 Å². The number of pyridine rings is 1. The third-order valence-corrected chi connectivity index (χ3v) is 5.19. The van der Waals surface area contributed by atoms with Gasteiger partial charge in [-0.3, -0.25) is 14.3 Å². The Bertz CT molecular complexity index is 1070. The van der Waals surface area contributed by atoms with Gasteiger partial charge in [0.05, 0.1) is 26.0 Å². The molecule has 1 atom stereocenters. The van der Waals surface area contributed by atoms with Crippen LogP contribution in [0.25, 0.3) is 0 Å². The van der Waals surface area contributed by atoms with Crippen LogP contribution in [0.3, 0.4) is 0 Å². The van der Waals surface area contributed by atoms with Crippen LogP contribution in [-0.2, 0) is 22.5 Å². The standard InChI is InChI=1S/C21H19Cl2N3O5.H2O/c1-29-18-4-3-14(5-20(18)30-2)19(6-15-16(22)8-24-9-17(15)23)31-21(28)11-26-10-13(12-27)7-25-26;/h3-5,7-10,12,19H,6,11H2,1-2H3;1H2/t19-;/m0./s1. The Labute approximate surface area is 194 Å². The second-order valence-corrected chi connectivity index (χ2v) is 7.33. The van der Waals surface area contributed by atoms with E-state index in [-0.39, 0.29) is 18.4 Å². The van der Waals surface area contributed by atoms with Gasteiger partial charge in [-0.15, -0.1) is 0 Å². The number of rotatable bonds is 9. The first-order chi connectivity index (χ1) is 14.9. The topological polar surface area (TPSA) is 124 Å². The molecular formula is C21H21Cl2N3O6. The molecule has 9 nitrogen and oxygen atoms in total. The summed E-state index contributed by atoms with van der Waals surface area (Å²) in [5, 5.41) is 4.80. The van der Waals surface area contributed by atoms with Crippen molar-refractivity contribution in [1.82, 2.24) is 9.78 Å². The number of ether oxygens (including phenoxy) is 3. The fraction of sp³-hybridized carbons (Fsp3) is 0.238. The molecule has 3 aromatic rings. The van der Waals surface area contributed by atoms with E-state index in [1.54, 1.807) is 30.6 Å². The van der Waals surface area contributed by atoms with Crippen molar-refractivity contribution in [3.63, 3.8) is 0 Å². The van der Waals surface area contributed by atoms with Crippen molar-refractivity contribution in [2.75, 3.05) is 14.2 Å². The average molecular weight is 482 g/mol. The molecule has 0 fully saturated rings. The van der Waals surface area contributed by atoms with E-state index in [4.69, 9.17) is 37.4 Å².